The van der Waals surface area contributed by atoms with Crippen molar-refractivity contribution < 1.29 is 13.0 Å². The van der Waals surface area contributed by atoms with Gasteiger partial charge in [0.05, 0.1) is 0 Å². The van der Waals surface area contributed by atoms with Crippen molar-refractivity contribution in [2.75, 3.05) is 7.05 Å². The van der Waals surface area contributed by atoms with E-state index in [-0.39, 0.29) is 17.0 Å². The second-order valence-corrected chi connectivity index (χ2v) is 6.65. The van der Waals surface area contributed by atoms with Gasteiger partial charge in [0.1, 0.15) is 10.4 Å². The molecule has 3 rings (SSSR count). The molecule has 0 unspecified atom stereocenters. The Bertz CT molecular complexity index is 859. The van der Waals surface area contributed by atoms with Gasteiger partial charge in [-0.05, 0) is 28.0 Å². The zero-order chi connectivity index (χ0) is 14.9. The zero-order valence-corrected chi connectivity index (χ0v) is 12.1. The number of benzene rings is 2. The number of nitrogens with zero attached hydrogens (tertiary/aromatic N) is 3. The fourth-order valence-electron chi connectivity index (χ4n) is 2.08. The van der Waals surface area contributed by atoms with E-state index in [1.807, 2.05) is 30.3 Å². The minimum atomic E-state index is -3.66. The van der Waals surface area contributed by atoms with Gasteiger partial charge in [-0.15, -0.1) is 0 Å². The largest absolute Gasteiger partial charge is 0.245 e. The fraction of sp³-hybridized carbons (Fsp3) is 0.143. The van der Waals surface area contributed by atoms with E-state index in [4.69, 9.17) is 0 Å². The molecule has 0 spiro atoms. The Morgan fingerprint density at radius 3 is 2.57 bits per heavy atom. The van der Waals surface area contributed by atoms with Gasteiger partial charge in [-0.25, -0.2) is 13.0 Å². The van der Waals surface area contributed by atoms with Crippen LogP contribution in [0.1, 0.15) is 5.56 Å². The van der Waals surface area contributed by atoms with Crippen LogP contribution in [-0.2, 0) is 16.6 Å². The predicted octanol–water partition coefficient (Wildman–Crippen LogP) is 2.04. The van der Waals surface area contributed by atoms with Crippen molar-refractivity contribution in [3.63, 3.8) is 0 Å². The molecule has 0 saturated carbocycles. The van der Waals surface area contributed by atoms with Crippen LogP contribution >= 0.6 is 0 Å². The smallest absolute Gasteiger partial charge is 0.243 e. The lowest BCUT2D eigenvalue weighted by molar-refractivity contribution is 0.315. The predicted molar refractivity (Wildman–Crippen MR) is 76.9 cm³/mol. The molecule has 0 saturated heterocycles. The first kappa shape index (κ1) is 13.7. The highest BCUT2D eigenvalue weighted by Crippen LogP contribution is 2.23. The summed E-state index contributed by atoms with van der Waals surface area (Å²) in [6, 6.07) is 14.2. The average Bonchev–Trinajstić information content (AvgIpc) is 2.96. The van der Waals surface area contributed by atoms with Crippen LogP contribution in [0, 0.1) is 0 Å². The van der Waals surface area contributed by atoms with Crippen molar-refractivity contribution in [3.05, 3.63) is 54.1 Å². The number of rotatable bonds is 4. The molecule has 0 atom stereocenters. The van der Waals surface area contributed by atoms with E-state index in [1.54, 1.807) is 12.1 Å². The highest BCUT2D eigenvalue weighted by molar-refractivity contribution is 7.89. The second-order valence-electron chi connectivity index (χ2n) is 4.63. The maximum atomic E-state index is 12.7. The molecule has 108 valence electrons. The highest BCUT2D eigenvalue weighted by atomic mass is 32.2. The van der Waals surface area contributed by atoms with Crippen LogP contribution in [0.3, 0.4) is 0 Å². The molecular formula is C14H13N3O3S. The molecule has 0 bridgehead atoms. The Morgan fingerprint density at radius 1 is 1.05 bits per heavy atom. The maximum absolute atomic E-state index is 12.7. The van der Waals surface area contributed by atoms with Crippen LogP contribution in [0.4, 0.5) is 0 Å². The van der Waals surface area contributed by atoms with Gasteiger partial charge in [0.25, 0.3) is 0 Å². The maximum Gasteiger partial charge on any atom is 0.245 e. The molecule has 0 aliphatic carbocycles. The quantitative estimate of drug-likeness (QED) is 0.737. The topological polar surface area (TPSA) is 76.3 Å². The van der Waals surface area contributed by atoms with Crippen LogP contribution in [0.15, 0.2) is 58.1 Å². The molecule has 7 heteroatoms. The molecule has 0 amide bonds. The molecule has 3 aromatic rings. The van der Waals surface area contributed by atoms with E-state index in [9.17, 15) is 8.42 Å². The lowest BCUT2D eigenvalue weighted by atomic mass is 10.2. The van der Waals surface area contributed by atoms with Gasteiger partial charge in [-0.1, -0.05) is 36.4 Å². The van der Waals surface area contributed by atoms with Crippen molar-refractivity contribution in [2.45, 2.75) is 11.4 Å². The van der Waals surface area contributed by atoms with E-state index in [1.165, 1.54) is 17.4 Å². The summed E-state index contributed by atoms with van der Waals surface area (Å²) in [5.74, 6) is 0. The molecule has 0 fully saturated rings. The number of aromatic nitrogens is 2. The summed E-state index contributed by atoms with van der Waals surface area (Å²) in [6.45, 7) is 0.283. The molecule has 0 aliphatic rings. The number of fused-ring (bicyclic) bond motifs is 1. The van der Waals surface area contributed by atoms with E-state index in [0.717, 1.165) is 5.56 Å². The van der Waals surface area contributed by atoms with Gasteiger partial charge in [0.2, 0.25) is 10.0 Å². The normalized spacial score (nSPS) is 12.1. The van der Waals surface area contributed by atoms with Crippen molar-refractivity contribution in [1.29, 1.82) is 0 Å². The SMILES string of the molecule is CN(Cc1ccccc1)S(=O)(=O)c1cccc2nonc12. The van der Waals surface area contributed by atoms with E-state index < -0.39 is 10.0 Å². The molecular weight excluding hydrogens is 290 g/mol. The molecule has 0 N–H and O–H groups in total. The lowest BCUT2D eigenvalue weighted by Gasteiger charge is -2.17. The monoisotopic (exact) mass is 303 g/mol. The summed E-state index contributed by atoms with van der Waals surface area (Å²) in [5, 5.41) is 7.35. The lowest BCUT2D eigenvalue weighted by Crippen LogP contribution is -2.26. The number of hydrogen-bond acceptors (Lipinski definition) is 5. The van der Waals surface area contributed by atoms with Crippen molar-refractivity contribution >= 4 is 21.1 Å². The Labute approximate surface area is 122 Å². The molecule has 1 heterocycles. The summed E-state index contributed by atoms with van der Waals surface area (Å²) < 4.78 is 31.2. The Hall–Kier alpha value is -2.25. The Kier molecular flexibility index (Phi) is 3.44. The molecule has 0 radical (unpaired) electrons. The number of hydrogen-bond donors (Lipinski definition) is 0. The van der Waals surface area contributed by atoms with Gasteiger partial charge in [0, 0.05) is 13.6 Å². The highest BCUT2D eigenvalue weighted by Gasteiger charge is 2.25. The van der Waals surface area contributed by atoms with Crippen LogP contribution in [0.5, 0.6) is 0 Å². The van der Waals surface area contributed by atoms with Crippen molar-refractivity contribution in [3.8, 4) is 0 Å². The second kappa shape index (κ2) is 5.27. The third kappa shape index (κ3) is 2.53. The fourth-order valence-corrected chi connectivity index (χ4v) is 3.37. The number of sulfonamides is 1. The summed E-state index contributed by atoms with van der Waals surface area (Å²) in [7, 11) is -2.13. The van der Waals surface area contributed by atoms with Gasteiger partial charge in [0.15, 0.2) is 5.52 Å². The summed E-state index contributed by atoms with van der Waals surface area (Å²) in [5.41, 5.74) is 1.58. The average molecular weight is 303 g/mol. The standard InChI is InChI=1S/C14H13N3O3S/c1-17(10-11-6-3-2-4-7-11)21(18,19)13-9-5-8-12-14(13)16-20-15-12/h2-9H,10H2,1H3. The van der Waals surface area contributed by atoms with E-state index >= 15 is 0 Å². The molecule has 0 aliphatic heterocycles. The van der Waals surface area contributed by atoms with E-state index in [0.29, 0.717) is 5.52 Å². The van der Waals surface area contributed by atoms with Crippen LogP contribution in [0.2, 0.25) is 0 Å². The minimum Gasteiger partial charge on any atom is -0.243 e. The van der Waals surface area contributed by atoms with Gasteiger partial charge in [-0.2, -0.15) is 4.31 Å². The van der Waals surface area contributed by atoms with Gasteiger partial charge >= 0.3 is 0 Å². The molecule has 6 nitrogen and oxygen atoms in total. The first-order valence-corrected chi connectivity index (χ1v) is 7.74. The van der Waals surface area contributed by atoms with Gasteiger partial charge in [-0.3, -0.25) is 0 Å². The molecule has 1 aromatic heterocycles. The minimum absolute atomic E-state index is 0.0969. The van der Waals surface area contributed by atoms with Crippen LogP contribution in [-0.4, -0.2) is 30.1 Å². The summed E-state index contributed by atoms with van der Waals surface area (Å²) in [4.78, 5) is 0.0969. The third-order valence-corrected chi connectivity index (χ3v) is 5.02. The van der Waals surface area contributed by atoms with Crippen LogP contribution < -0.4 is 0 Å². The Morgan fingerprint density at radius 2 is 1.81 bits per heavy atom. The third-order valence-electron chi connectivity index (χ3n) is 3.19. The van der Waals surface area contributed by atoms with E-state index in [2.05, 4.69) is 14.9 Å². The zero-order valence-electron chi connectivity index (χ0n) is 11.3. The molecule has 2 aromatic carbocycles. The van der Waals surface area contributed by atoms with Crippen molar-refractivity contribution in [1.82, 2.24) is 14.6 Å². The first-order chi connectivity index (χ1) is 10.1. The van der Waals surface area contributed by atoms with Crippen molar-refractivity contribution in [2.24, 2.45) is 0 Å². The first-order valence-electron chi connectivity index (χ1n) is 6.30. The van der Waals surface area contributed by atoms with Crippen LogP contribution in [0.25, 0.3) is 11.0 Å². The Balaban J connectivity index is 1.98. The summed E-state index contributed by atoms with van der Waals surface area (Å²) >= 11 is 0. The van der Waals surface area contributed by atoms with Gasteiger partial charge < -0.3 is 0 Å². The summed E-state index contributed by atoms with van der Waals surface area (Å²) in [6.07, 6.45) is 0. The molecule has 21 heavy (non-hydrogen) atoms.